The second-order valence-electron chi connectivity index (χ2n) is 7.58. The number of hydrogen-bond acceptors (Lipinski definition) is 3. The van der Waals surface area contributed by atoms with Gasteiger partial charge in [0.05, 0.1) is 0 Å². The largest absolute Gasteiger partial charge is 0.483 e. The van der Waals surface area contributed by atoms with Gasteiger partial charge in [-0.1, -0.05) is 49.4 Å². The Labute approximate surface area is 174 Å². The van der Waals surface area contributed by atoms with Gasteiger partial charge in [0.1, 0.15) is 11.8 Å². The van der Waals surface area contributed by atoms with Crippen LogP contribution in [0.5, 0.6) is 5.75 Å². The first-order valence-electron chi connectivity index (χ1n) is 10.2. The fourth-order valence-corrected chi connectivity index (χ4v) is 3.18. The number of benzene rings is 2. The number of carbonyl (C=O) groups excluding carboxylic acids is 2. The van der Waals surface area contributed by atoms with Gasteiger partial charge in [0.2, 0.25) is 5.91 Å². The maximum absolute atomic E-state index is 13.1. The molecule has 2 aromatic rings. The van der Waals surface area contributed by atoms with Gasteiger partial charge in [0, 0.05) is 12.6 Å². The molecule has 0 radical (unpaired) electrons. The molecular weight excluding hydrogens is 364 g/mol. The lowest BCUT2D eigenvalue weighted by atomic mass is 10.1. The highest BCUT2D eigenvalue weighted by molar-refractivity contribution is 5.88. The summed E-state index contributed by atoms with van der Waals surface area (Å²) in [5.41, 5.74) is 3.10. The van der Waals surface area contributed by atoms with Crippen LogP contribution in [0.2, 0.25) is 0 Å². The fourth-order valence-electron chi connectivity index (χ4n) is 3.18. The molecule has 0 heterocycles. The number of hydrogen-bond donors (Lipinski definition) is 1. The van der Waals surface area contributed by atoms with Gasteiger partial charge in [-0.3, -0.25) is 9.59 Å². The number of carbonyl (C=O) groups is 2. The Balaban J connectivity index is 2.21. The van der Waals surface area contributed by atoms with E-state index in [1.165, 1.54) is 0 Å². The van der Waals surface area contributed by atoms with Gasteiger partial charge in [0.25, 0.3) is 5.91 Å². The Kier molecular flexibility index (Phi) is 8.25. The minimum atomic E-state index is -0.549. The van der Waals surface area contributed by atoms with Gasteiger partial charge in [-0.25, -0.2) is 0 Å². The highest BCUT2D eigenvalue weighted by atomic mass is 16.5. The first kappa shape index (κ1) is 22.5. The van der Waals surface area contributed by atoms with E-state index in [4.69, 9.17) is 4.74 Å². The lowest BCUT2D eigenvalue weighted by Gasteiger charge is -2.31. The smallest absolute Gasteiger partial charge is 0.261 e. The van der Waals surface area contributed by atoms with Gasteiger partial charge in [-0.15, -0.1) is 0 Å². The summed E-state index contributed by atoms with van der Waals surface area (Å²) in [7, 11) is 0. The highest BCUT2D eigenvalue weighted by Crippen LogP contribution is 2.21. The summed E-state index contributed by atoms with van der Waals surface area (Å²) in [6, 6.07) is 15.0. The van der Waals surface area contributed by atoms with Crippen LogP contribution >= 0.6 is 0 Å². The molecule has 2 rings (SSSR count). The first-order valence-corrected chi connectivity index (χ1v) is 10.2. The molecule has 0 saturated heterocycles. The quantitative estimate of drug-likeness (QED) is 0.697. The molecule has 1 atom stereocenters. The lowest BCUT2D eigenvalue weighted by molar-refractivity contribution is -0.143. The van der Waals surface area contributed by atoms with Crippen molar-refractivity contribution in [2.45, 2.75) is 59.7 Å². The Morgan fingerprint density at radius 2 is 1.72 bits per heavy atom. The summed E-state index contributed by atoms with van der Waals surface area (Å²) < 4.78 is 5.83. The molecule has 5 nitrogen and oxygen atoms in total. The van der Waals surface area contributed by atoms with E-state index in [9.17, 15) is 9.59 Å². The van der Waals surface area contributed by atoms with Crippen molar-refractivity contribution in [3.63, 3.8) is 0 Å². The molecule has 2 amide bonds. The van der Waals surface area contributed by atoms with E-state index >= 15 is 0 Å². The number of ether oxygens (including phenoxy) is 1. The predicted molar refractivity (Wildman–Crippen MR) is 116 cm³/mol. The summed E-state index contributed by atoms with van der Waals surface area (Å²) in [5.74, 6) is 0.344. The van der Waals surface area contributed by atoms with Crippen LogP contribution in [0.3, 0.4) is 0 Å². The standard InChI is InChI=1S/C24H32N2O3/c1-6-21(24(28)25-17(2)3)26(15-20-12-8-7-9-13-20)23(27)16-29-22-14-10-11-18(4)19(22)5/h7-14,17,21H,6,15-16H2,1-5H3,(H,25,28). The van der Waals surface area contributed by atoms with Crippen molar-refractivity contribution in [2.24, 2.45) is 0 Å². The molecule has 5 heteroatoms. The van der Waals surface area contributed by atoms with Gasteiger partial charge in [-0.2, -0.15) is 0 Å². The van der Waals surface area contributed by atoms with E-state index in [0.717, 1.165) is 16.7 Å². The summed E-state index contributed by atoms with van der Waals surface area (Å²) in [4.78, 5) is 27.5. The van der Waals surface area contributed by atoms with Crippen molar-refractivity contribution in [3.8, 4) is 5.75 Å². The molecule has 0 bridgehead atoms. The van der Waals surface area contributed by atoms with E-state index in [2.05, 4.69) is 5.32 Å². The van der Waals surface area contributed by atoms with Crippen LogP contribution in [0, 0.1) is 13.8 Å². The summed E-state index contributed by atoms with van der Waals surface area (Å²) >= 11 is 0. The molecule has 2 aromatic carbocycles. The van der Waals surface area contributed by atoms with Gasteiger partial charge < -0.3 is 15.0 Å². The third-order valence-corrected chi connectivity index (χ3v) is 4.92. The van der Waals surface area contributed by atoms with Crippen molar-refractivity contribution in [3.05, 3.63) is 65.2 Å². The topological polar surface area (TPSA) is 58.6 Å². The fraction of sp³-hybridized carbons (Fsp3) is 0.417. The van der Waals surface area contributed by atoms with Crippen LogP contribution in [-0.2, 0) is 16.1 Å². The first-order chi connectivity index (χ1) is 13.8. The maximum atomic E-state index is 13.1. The third kappa shape index (κ3) is 6.34. The number of nitrogens with zero attached hydrogens (tertiary/aromatic N) is 1. The predicted octanol–water partition coefficient (Wildman–Crippen LogP) is 4.01. The minimum absolute atomic E-state index is 0.0106. The molecule has 0 aliphatic carbocycles. The molecular formula is C24H32N2O3. The van der Waals surface area contributed by atoms with E-state index < -0.39 is 6.04 Å². The van der Waals surface area contributed by atoms with Crippen LogP contribution in [0.15, 0.2) is 48.5 Å². The average molecular weight is 397 g/mol. The number of rotatable bonds is 9. The van der Waals surface area contributed by atoms with Crippen LogP contribution in [-0.4, -0.2) is 35.4 Å². The maximum Gasteiger partial charge on any atom is 0.261 e. The molecule has 156 valence electrons. The normalized spacial score (nSPS) is 11.8. The molecule has 0 aromatic heterocycles. The summed E-state index contributed by atoms with van der Waals surface area (Å²) in [6.07, 6.45) is 0.528. The Morgan fingerprint density at radius 3 is 2.34 bits per heavy atom. The van der Waals surface area contributed by atoms with Gasteiger partial charge in [0.15, 0.2) is 6.61 Å². The van der Waals surface area contributed by atoms with Gasteiger partial charge in [-0.05, 0) is 56.9 Å². The number of amides is 2. The number of nitrogens with one attached hydrogen (secondary N) is 1. The third-order valence-electron chi connectivity index (χ3n) is 4.92. The van der Waals surface area contributed by atoms with E-state index in [1.54, 1.807) is 4.90 Å². The summed E-state index contributed by atoms with van der Waals surface area (Å²) in [6.45, 7) is 9.98. The number of aryl methyl sites for hydroxylation is 1. The van der Waals surface area contributed by atoms with E-state index in [1.807, 2.05) is 83.1 Å². The van der Waals surface area contributed by atoms with E-state index in [0.29, 0.717) is 18.7 Å². The molecule has 0 fully saturated rings. The van der Waals surface area contributed by atoms with Crippen LogP contribution in [0.1, 0.15) is 43.9 Å². The average Bonchev–Trinajstić information content (AvgIpc) is 2.69. The SMILES string of the molecule is CCC(C(=O)NC(C)C)N(Cc1ccccc1)C(=O)COc1cccc(C)c1C. The Hall–Kier alpha value is -2.82. The zero-order chi connectivity index (χ0) is 21.4. The second kappa shape index (κ2) is 10.6. The van der Waals surface area contributed by atoms with Crippen LogP contribution < -0.4 is 10.1 Å². The van der Waals surface area contributed by atoms with Crippen LogP contribution in [0.25, 0.3) is 0 Å². The molecule has 0 aliphatic rings. The molecule has 1 unspecified atom stereocenters. The minimum Gasteiger partial charge on any atom is -0.483 e. The van der Waals surface area contributed by atoms with Crippen molar-refractivity contribution < 1.29 is 14.3 Å². The second-order valence-corrected chi connectivity index (χ2v) is 7.58. The molecule has 0 saturated carbocycles. The molecule has 0 spiro atoms. The molecule has 0 aliphatic heterocycles. The lowest BCUT2D eigenvalue weighted by Crippen LogP contribution is -2.51. The molecule has 1 N–H and O–H groups in total. The van der Waals surface area contributed by atoms with Crippen LogP contribution in [0.4, 0.5) is 0 Å². The van der Waals surface area contributed by atoms with Crippen molar-refractivity contribution in [1.29, 1.82) is 0 Å². The zero-order valence-electron chi connectivity index (χ0n) is 18.1. The van der Waals surface area contributed by atoms with Gasteiger partial charge >= 0.3 is 0 Å². The van der Waals surface area contributed by atoms with E-state index in [-0.39, 0.29) is 24.5 Å². The molecule has 29 heavy (non-hydrogen) atoms. The van der Waals surface area contributed by atoms with Crippen molar-refractivity contribution in [2.75, 3.05) is 6.61 Å². The highest BCUT2D eigenvalue weighted by Gasteiger charge is 2.29. The monoisotopic (exact) mass is 396 g/mol. The zero-order valence-corrected chi connectivity index (χ0v) is 18.1. The van der Waals surface area contributed by atoms with Crippen molar-refractivity contribution in [1.82, 2.24) is 10.2 Å². The Morgan fingerprint density at radius 1 is 1.03 bits per heavy atom. The van der Waals surface area contributed by atoms with Crippen molar-refractivity contribution >= 4 is 11.8 Å². The summed E-state index contributed by atoms with van der Waals surface area (Å²) in [5, 5.41) is 2.93. The Bertz CT molecular complexity index is 818.